The minimum Gasteiger partial charge on any atom is -0.492 e. The number of halogens is 2. The van der Waals surface area contributed by atoms with Gasteiger partial charge in [-0.25, -0.2) is 9.97 Å². The molecular formula is C21H23Cl2N7O2. The molecule has 1 amide bonds. The highest BCUT2D eigenvalue weighted by atomic mass is 35.5. The van der Waals surface area contributed by atoms with E-state index in [1.165, 1.54) is 0 Å². The van der Waals surface area contributed by atoms with E-state index in [-0.39, 0.29) is 17.0 Å². The Hall–Kier alpha value is -2.88. The number of rotatable bonds is 7. The molecule has 3 N–H and O–H groups in total. The van der Waals surface area contributed by atoms with Gasteiger partial charge in [-0.05, 0) is 12.1 Å². The van der Waals surface area contributed by atoms with E-state index in [0.717, 1.165) is 17.7 Å². The second-order valence-electron chi connectivity index (χ2n) is 7.48. The molecular weight excluding hydrogens is 453 g/mol. The Kier molecular flexibility index (Phi) is 6.78. The molecule has 11 heteroatoms. The Morgan fingerprint density at radius 3 is 2.91 bits per heavy atom. The number of nitrogens with two attached hydrogens (primary N) is 1. The predicted octanol–water partition coefficient (Wildman–Crippen LogP) is 2.17. The Morgan fingerprint density at radius 2 is 2.12 bits per heavy atom. The molecule has 2 aromatic heterocycles. The van der Waals surface area contributed by atoms with Gasteiger partial charge in [-0.3, -0.25) is 14.4 Å². The fourth-order valence-electron chi connectivity index (χ4n) is 3.64. The summed E-state index contributed by atoms with van der Waals surface area (Å²) in [4.78, 5) is 21.8. The zero-order chi connectivity index (χ0) is 22.7. The van der Waals surface area contributed by atoms with Crippen LogP contribution in [0.3, 0.4) is 0 Å². The molecule has 4 rings (SSSR count). The van der Waals surface area contributed by atoms with Crippen molar-refractivity contribution in [1.29, 1.82) is 0 Å². The summed E-state index contributed by atoms with van der Waals surface area (Å²) >= 11 is 12.6. The number of benzene rings is 1. The number of carbonyl (C=O) groups is 1. The largest absolute Gasteiger partial charge is 0.492 e. The summed E-state index contributed by atoms with van der Waals surface area (Å²) in [6.45, 7) is 2.94. The number of ether oxygens (including phenoxy) is 1. The lowest BCUT2D eigenvalue weighted by Crippen LogP contribution is -2.48. The summed E-state index contributed by atoms with van der Waals surface area (Å²) in [5, 5.41) is 8.19. The van der Waals surface area contributed by atoms with Gasteiger partial charge in [-0.2, -0.15) is 5.10 Å². The third kappa shape index (κ3) is 5.29. The van der Waals surface area contributed by atoms with Crippen molar-refractivity contribution in [3.63, 3.8) is 0 Å². The van der Waals surface area contributed by atoms with Crippen molar-refractivity contribution in [2.75, 3.05) is 38.5 Å². The molecule has 1 aliphatic rings. The van der Waals surface area contributed by atoms with Crippen molar-refractivity contribution in [1.82, 2.24) is 30.0 Å². The van der Waals surface area contributed by atoms with E-state index in [4.69, 9.17) is 33.7 Å². The van der Waals surface area contributed by atoms with E-state index in [1.807, 2.05) is 31.4 Å². The van der Waals surface area contributed by atoms with Crippen molar-refractivity contribution >= 4 is 35.1 Å². The minimum atomic E-state index is 0.0364. The third-order valence-corrected chi connectivity index (χ3v) is 5.63. The van der Waals surface area contributed by atoms with Crippen LogP contribution in [0.25, 0.3) is 11.4 Å². The van der Waals surface area contributed by atoms with Crippen molar-refractivity contribution < 1.29 is 9.53 Å². The number of piperazine rings is 1. The quantitative estimate of drug-likeness (QED) is 0.503. The van der Waals surface area contributed by atoms with E-state index in [9.17, 15) is 4.79 Å². The Morgan fingerprint density at radius 1 is 1.28 bits per heavy atom. The van der Waals surface area contributed by atoms with Crippen molar-refractivity contribution in [2.24, 2.45) is 7.05 Å². The number of nitrogens with zero attached hydrogens (tertiary/aromatic N) is 5. The number of nitrogens with one attached hydrogen (secondary N) is 1. The molecule has 32 heavy (non-hydrogen) atoms. The summed E-state index contributed by atoms with van der Waals surface area (Å²) in [5.41, 5.74) is 8.69. The molecule has 3 heterocycles. The van der Waals surface area contributed by atoms with Crippen LogP contribution in [0.1, 0.15) is 11.1 Å². The molecule has 0 radical (unpaired) electrons. The van der Waals surface area contributed by atoms with Gasteiger partial charge in [0.2, 0.25) is 11.9 Å². The van der Waals surface area contributed by atoms with Gasteiger partial charge in [0.05, 0.1) is 12.2 Å². The van der Waals surface area contributed by atoms with Crippen molar-refractivity contribution in [3.8, 4) is 17.1 Å². The fraction of sp³-hybridized carbons (Fsp3) is 0.333. The number of anilines is 1. The van der Waals surface area contributed by atoms with E-state index < -0.39 is 0 Å². The van der Waals surface area contributed by atoms with Gasteiger partial charge < -0.3 is 15.8 Å². The maximum atomic E-state index is 11.6. The summed E-state index contributed by atoms with van der Waals surface area (Å²) < 4.78 is 7.77. The standard InChI is InChI=1S/C21H23Cl2N7O2/c1-29-11-13(20(28-29)16-10-18(23)27-21(24)26-16)9-14-15(22)3-2-4-17(14)32-8-7-30-6-5-25-19(31)12-30/h2-4,10-11H,5-9,12H2,1H3,(H,25,31)(H2,24,26,27). The molecule has 0 spiro atoms. The SMILES string of the molecule is Cn1cc(Cc2c(Cl)cccc2OCCN2CCNC(=O)C2)c(-c2cc(Cl)nc(N)n2)n1. The Bertz CT molecular complexity index is 1120. The topological polar surface area (TPSA) is 111 Å². The maximum Gasteiger partial charge on any atom is 0.234 e. The van der Waals surface area contributed by atoms with Crippen LogP contribution in [0, 0.1) is 0 Å². The van der Waals surface area contributed by atoms with Gasteiger partial charge in [0.15, 0.2) is 0 Å². The monoisotopic (exact) mass is 475 g/mol. The van der Waals surface area contributed by atoms with Crippen molar-refractivity contribution in [2.45, 2.75) is 6.42 Å². The lowest BCUT2D eigenvalue weighted by atomic mass is 10.0. The fourth-order valence-corrected chi connectivity index (χ4v) is 4.06. The van der Waals surface area contributed by atoms with Gasteiger partial charge >= 0.3 is 0 Å². The van der Waals surface area contributed by atoms with Crippen LogP contribution in [0.15, 0.2) is 30.5 Å². The highest BCUT2D eigenvalue weighted by molar-refractivity contribution is 6.31. The molecule has 168 valence electrons. The predicted molar refractivity (Wildman–Crippen MR) is 123 cm³/mol. The molecule has 0 bridgehead atoms. The van der Waals surface area contributed by atoms with Gasteiger partial charge in [0.1, 0.15) is 23.2 Å². The molecule has 0 atom stereocenters. The maximum absolute atomic E-state index is 11.6. The van der Waals surface area contributed by atoms with Gasteiger partial charge in [0.25, 0.3) is 0 Å². The van der Waals surface area contributed by atoms with Crippen LogP contribution in [0.5, 0.6) is 5.75 Å². The zero-order valence-corrected chi connectivity index (χ0v) is 19.0. The zero-order valence-electron chi connectivity index (χ0n) is 17.5. The molecule has 1 aromatic carbocycles. The van der Waals surface area contributed by atoms with Crippen molar-refractivity contribution in [3.05, 3.63) is 51.8 Å². The first-order chi connectivity index (χ1) is 15.4. The highest BCUT2D eigenvalue weighted by Gasteiger charge is 2.19. The number of aromatic nitrogens is 4. The van der Waals surface area contributed by atoms with Crippen LogP contribution >= 0.6 is 23.2 Å². The molecule has 1 aliphatic heterocycles. The summed E-state index contributed by atoms with van der Waals surface area (Å²) in [6.07, 6.45) is 2.38. The van der Waals surface area contributed by atoms with E-state index in [0.29, 0.717) is 54.8 Å². The van der Waals surface area contributed by atoms with E-state index in [1.54, 1.807) is 10.7 Å². The number of hydrogen-bond acceptors (Lipinski definition) is 7. The minimum absolute atomic E-state index is 0.0364. The second kappa shape index (κ2) is 9.72. The Balaban J connectivity index is 1.54. The summed E-state index contributed by atoms with van der Waals surface area (Å²) in [7, 11) is 1.83. The Labute approximate surface area is 195 Å². The molecule has 1 fully saturated rings. The van der Waals surface area contributed by atoms with E-state index in [2.05, 4.69) is 25.3 Å². The first-order valence-electron chi connectivity index (χ1n) is 10.1. The third-order valence-electron chi connectivity index (χ3n) is 5.08. The first-order valence-corrected chi connectivity index (χ1v) is 10.9. The van der Waals surface area contributed by atoms with Gasteiger partial charge in [0, 0.05) is 61.5 Å². The lowest BCUT2D eigenvalue weighted by molar-refractivity contribution is -0.124. The number of nitrogen functional groups attached to an aromatic ring is 1. The molecule has 0 saturated carbocycles. The van der Waals surface area contributed by atoms with Crippen LogP contribution in [-0.4, -0.2) is 63.3 Å². The summed E-state index contributed by atoms with van der Waals surface area (Å²) in [6, 6.07) is 7.20. The number of carbonyl (C=O) groups excluding carboxylic acids is 1. The lowest BCUT2D eigenvalue weighted by Gasteiger charge is -2.26. The second-order valence-corrected chi connectivity index (χ2v) is 8.27. The number of amides is 1. The summed E-state index contributed by atoms with van der Waals surface area (Å²) in [5.74, 6) is 0.806. The highest BCUT2D eigenvalue weighted by Crippen LogP contribution is 2.32. The number of aryl methyl sites for hydroxylation is 1. The normalized spacial score (nSPS) is 14.4. The average molecular weight is 476 g/mol. The van der Waals surface area contributed by atoms with Gasteiger partial charge in [-0.1, -0.05) is 29.3 Å². The first kappa shape index (κ1) is 22.3. The molecule has 0 unspecified atom stereocenters. The van der Waals surface area contributed by atoms with Crippen LogP contribution in [0.4, 0.5) is 5.95 Å². The molecule has 1 saturated heterocycles. The van der Waals surface area contributed by atoms with E-state index >= 15 is 0 Å². The van der Waals surface area contributed by atoms with Crippen LogP contribution in [0.2, 0.25) is 10.2 Å². The number of hydrogen-bond donors (Lipinski definition) is 2. The smallest absolute Gasteiger partial charge is 0.234 e. The van der Waals surface area contributed by atoms with Crippen LogP contribution in [-0.2, 0) is 18.3 Å². The molecule has 0 aliphatic carbocycles. The molecule has 3 aromatic rings. The average Bonchev–Trinajstić information content (AvgIpc) is 3.10. The van der Waals surface area contributed by atoms with Gasteiger partial charge in [-0.15, -0.1) is 0 Å². The van der Waals surface area contributed by atoms with Crippen LogP contribution < -0.4 is 15.8 Å². The molecule has 9 nitrogen and oxygen atoms in total.